The fourth-order valence-corrected chi connectivity index (χ4v) is 1.04. The first-order chi connectivity index (χ1) is 7.18. The van der Waals surface area contributed by atoms with Gasteiger partial charge in [0.05, 0.1) is 0 Å². The summed E-state index contributed by atoms with van der Waals surface area (Å²) in [4.78, 5) is 21.8. The second kappa shape index (κ2) is 5.79. The summed E-state index contributed by atoms with van der Waals surface area (Å²) in [5, 5.41) is 9.14. The molecule has 0 aliphatic carbocycles. The minimum absolute atomic E-state index is 0.101. The summed E-state index contributed by atoms with van der Waals surface area (Å²) in [5.41, 5.74) is 0. The number of carbonyl (C=O) groups is 2. The molecule has 1 heterocycles. The maximum absolute atomic E-state index is 11.3. The van der Waals surface area contributed by atoms with E-state index in [1.807, 2.05) is 0 Å². The van der Waals surface area contributed by atoms with Gasteiger partial charge in [-0.2, -0.15) is 5.10 Å². The highest BCUT2D eigenvalue weighted by molar-refractivity contribution is 5.76. The molecule has 6 nitrogen and oxygen atoms in total. The van der Waals surface area contributed by atoms with Crippen LogP contribution in [-0.4, -0.2) is 34.7 Å². The molecular formula is C9H14N4O2. The first-order valence-electron chi connectivity index (χ1n) is 4.67. The van der Waals surface area contributed by atoms with Crippen LogP contribution >= 0.6 is 0 Å². The topological polar surface area (TPSA) is 76.0 Å². The summed E-state index contributed by atoms with van der Waals surface area (Å²) in [7, 11) is 0. The van der Waals surface area contributed by atoms with Crippen LogP contribution < -0.4 is 10.6 Å². The molecule has 0 saturated carbocycles. The van der Waals surface area contributed by atoms with E-state index >= 15 is 0 Å². The monoisotopic (exact) mass is 210 g/mol. The first kappa shape index (κ1) is 11.2. The number of rotatable bonds is 5. The van der Waals surface area contributed by atoms with Crippen molar-refractivity contribution < 1.29 is 9.59 Å². The highest BCUT2D eigenvalue weighted by Gasteiger charge is 2.01. The van der Waals surface area contributed by atoms with Crippen LogP contribution in [0.3, 0.4) is 0 Å². The van der Waals surface area contributed by atoms with E-state index in [2.05, 4.69) is 15.7 Å². The zero-order valence-electron chi connectivity index (χ0n) is 8.56. The predicted octanol–water partition coefficient (Wildman–Crippen LogP) is -0.865. The molecule has 1 aromatic rings. The molecule has 2 N–H and O–H groups in total. The van der Waals surface area contributed by atoms with Crippen molar-refractivity contribution in [3.8, 4) is 0 Å². The molecule has 1 aromatic heterocycles. The molecule has 0 spiro atoms. The first-order valence-corrected chi connectivity index (χ1v) is 4.67. The van der Waals surface area contributed by atoms with Crippen molar-refractivity contribution in [1.29, 1.82) is 0 Å². The van der Waals surface area contributed by atoms with E-state index in [1.54, 1.807) is 18.5 Å². The molecule has 0 fully saturated rings. The van der Waals surface area contributed by atoms with Gasteiger partial charge in [-0.25, -0.2) is 0 Å². The molecule has 0 aromatic carbocycles. The van der Waals surface area contributed by atoms with Gasteiger partial charge >= 0.3 is 0 Å². The maximum atomic E-state index is 11.3. The molecule has 0 aliphatic heterocycles. The number of nitrogens with zero attached hydrogens (tertiary/aromatic N) is 2. The molecule has 82 valence electrons. The van der Waals surface area contributed by atoms with E-state index in [0.29, 0.717) is 13.1 Å². The smallest absolute Gasteiger partial charge is 0.241 e. The van der Waals surface area contributed by atoms with Crippen LogP contribution in [0.5, 0.6) is 0 Å². The minimum atomic E-state index is -0.121. The molecule has 2 amide bonds. The van der Waals surface area contributed by atoms with Crippen LogP contribution in [0.4, 0.5) is 0 Å². The summed E-state index contributed by atoms with van der Waals surface area (Å²) in [6.07, 6.45) is 3.33. The third-order valence-electron chi connectivity index (χ3n) is 1.69. The van der Waals surface area contributed by atoms with E-state index in [4.69, 9.17) is 0 Å². The van der Waals surface area contributed by atoms with E-state index < -0.39 is 0 Å². The molecule has 0 unspecified atom stereocenters. The zero-order chi connectivity index (χ0) is 11.1. The third kappa shape index (κ3) is 4.80. The summed E-state index contributed by atoms with van der Waals surface area (Å²) in [6, 6.07) is 1.75. The van der Waals surface area contributed by atoms with Crippen LogP contribution in [-0.2, 0) is 16.1 Å². The van der Waals surface area contributed by atoms with E-state index in [1.165, 1.54) is 11.6 Å². The van der Waals surface area contributed by atoms with E-state index in [-0.39, 0.29) is 18.4 Å². The average molecular weight is 210 g/mol. The molecule has 0 atom stereocenters. The van der Waals surface area contributed by atoms with Gasteiger partial charge < -0.3 is 10.6 Å². The summed E-state index contributed by atoms with van der Waals surface area (Å²) in [5.74, 6) is -0.222. The number of aromatic nitrogens is 2. The Balaban J connectivity index is 2.11. The van der Waals surface area contributed by atoms with Gasteiger partial charge in [0.15, 0.2) is 0 Å². The number of nitrogens with one attached hydrogen (secondary N) is 2. The summed E-state index contributed by atoms with van der Waals surface area (Å²) < 4.78 is 1.54. The largest absolute Gasteiger partial charge is 0.355 e. The van der Waals surface area contributed by atoms with Gasteiger partial charge in [-0.05, 0) is 6.07 Å². The molecule has 1 rings (SSSR count). The van der Waals surface area contributed by atoms with Crippen molar-refractivity contribution in [3.05, 3.63) is 18.5 Å². The lowest BCUT2D eigenvalue weighted by Gasteiger charge is -2.05. The normalized spacial score (nSPS) is 9.67. The Morgan fingerprint density at radius 3 is 2.67 bits per heavy atom. The SMILES string of the molecule is CC(=O)NCCNC(=O)Cn1cccn1. The number of amides is 2. The van der Waals surface area contributed by atoms with Gasteiger partial charge in [-0.1, -0.05) is 0 Å². The van der Waals surface area contributed by atoms with Crippen molar-refractivity contribution in [3.63, 3.8) is 0 Å². The van der Waals surface area contributed by atoms with Gasteiger partial charge in [0.25, 0.3) is 0 Å². The number of carbonyl (C=O) groups excluding carboxylic acids is 2. The Morgan fingerprint density at radius 1 is 1.33 bits per heavy atom. The van der Waals surface area contributed by atoms with Gasteiger partial charge in [0.2, 0.25) is 11.8 Å². The lowest BCUT2D eigenvalue weighted by molar-refractivity contribution is -0.122. The Hall–Kier alpha value is -1.85. The Morgan fingerprint density at radius 2 is 2.07 bits per heavy atom. The second-order valence-electron chi connectivity index (χ2n) is 3.04. The van der Waals surface area contributed by atoms with Crippen LogP contribution in [0.15, 0.2) is 18.5 Å². The molecule has 0 bridgehead atoms. The fourth-order valence-electron chi connectivity index (χ4n) is 1.04. The predicted molar refractivity (Wildman–Crippen MR) is 53.9 cm³/mol. The van der Waals surface area contributed by atoms with Gasteiger partial charge in [-0.15, -0.1) is 0 Å². The highest BCUT2D eigenvalue weighted by Crippen LogP contribution is 1.83. The van der Waals surface area contributed by atoms with Crippen LogP contribution in [0.1, 0.15) is 6.92 Å². The van der Waals surface area contributed by atoms with Crippen molar-refractivity contribution in [2.75, 3.05) is 13.1 Å². The molecule has 6 heteroatoms. The lowest BCUT2D eigenvalue weighted by Crippen LogP contribution is -2.35. The van der Waals surface area contributed by atoms with Crippen LogP contribution in [0, 0.1) is 0 Å². The van der Waals surface area contributed by atoms with E-state index in [0.717, 1.165) is 0 Å². The van der Waals surface area contributed by atoms with Crippen molar-refractivity contribution >= 4 is 11.8 Å². The van der Waals surface area contributed by atoms with Crippen molar-refractivity contribution in [2.45, 2.75) is 13.5 Å². The molecule has 0 radical (unpaired) electrons. The van der Waals surface area contributed by atoms with Crippen molar-refractivity contribution in [2.24, 2.45) is 0 Å². The van der Waals surface area contributed by atoms with Gasteiger partial charge in [0.1, 0.15) is 6.54 Å². The molecule has 15 heavy (non-hydrogen) atoms. The quantitative estimate of drug-likeness (QED) is 0.621. The number of hydrogen-bond donors (Lipinski definition) is 2. The zero-order valence-corrected chi connectivity index (χ0v) is 8.56. The third-order valence-corrected chi connectivity index (χ3v) is 1.69. The van der Waals surface area contributed by atoms with Crippen LogP contribution in [0.2, 0.25) is 0 Å². The number of hydrogen-bond acceptors (Lipinski definition) is 3. The highest BCUT2D eigenvalue weighted by atomic mass is 16.2. The summed E-state index contributed by atoms with van der Waals surface area (Å²) in [6.45, 7) is 2.51. The Labute approximate surface area is 87.7 Å². The molecule has 0 saturated heterocycles. The second-order valence-corrected chi connectivity index (χ2v) is 3.04. The summed E-state index contributed by atoms with van der Waals surface area (Å²) >= 11 is 0. The lowest BCUT2D eigenvalue weighted by atomic mass is 10.5. The van der Waals surface area contributed by atoms with Crippen molar-refractivity contribution in [1.82, 2.24) is 20.4 Å². The van der Waals surface area contributed by atoms with Crippen LogP contribution in [0.25, 0.3) is 0 Å². The Bertz CT molecular complexity index is 321. The Kier molecular flexibility index (Phi) is 4.33. The average Bonchev–Trinajstić information content (AvgIpc) is 2.64. The fraction of sp³-hybridized carbons (Fsp3) is 0.444. The molecular weight excluding hydrogens is 196 g/mol. The maximum Gasteiger partial charge on any atom is 0.241 e. The molecule has 0 aliphatic rings. The standard InChI is InChI=1S/C9H14N4O2/c1-8(14)10-4-5-11-9(15)7-13-6-2-3-12-13/h2-3,6H,4-5,7H2,1H3,(H,10,14)(H,11,15). The van der Waals surface area contributed by atoms with E-state index in [9.17, 15) is 9.59 Å². The minimum Gasteiger partial charge on any atom is -0.355 e. The van der Waals surface area contributed by atoms with Gasteiger partial charge in [-0.3, -0.25) is 14.3 Å². The van der Waals surface area contributed by atoms with Gasteiger partial charge in [0, 0.05) is 32.4 Å².